The highest BCUT2D eigenvalue weighted by molar-refractivity contribution is 7.72. The number of nitrogens with two attached hydrogens (primary N) is 1. The van der Waals surface area contributed by atoms with E-state index in [1.165, 1.54) is 0 Å². The van der Waals surface area contributed by atoms with E-state index in [2.05, 4.69) is 5.32 Å². The molecule has 8 N–H and O–H groups in total. The first-order valence-corrected chi connectivity index (χ1v) is 19.4. The van der Waals surface area contributed by atoms with Crippen molar-refractivity contribution in [3.63, 3.8) is 0 Å². The van der Waals surface area contributed by atoms with Crippen LogP contribution in [0.3, 0.4) is 0 Å². The molecule has 1 aliphatic heterocycles. The maximum atomic E-state index is 14.1. The topological polar surface area (TPSA) is 237 Å². The smallest absolute Gasteiger partial charge is 0.414 e. The van der Waals surface area contributed by atoms with E-state index in [1.807, 2.05) is 29.2 Å². The molecule has 0 aliphatic carbocycles. The summed E-state index contributed by atoms with van der Waals surface area (Å²) in [6.07, 6.45) is -1.61. The van der Waals surface area contributed by atoms with Crippen molar-refractivity contribution in [2.75, 3.05) is 42.8 Å². The Balaban J connectivity index is 2.23. The average Bonchev–Trinajstić information content (AvgIpc) is 3.41. The molecule has 19 heteroatoms. The number of alkyl halides is 2. The van der Waals surface area contributed by atoms with Crippen molar-refractivity contribution in [3.05, 3.63) is 29.8 Å². The molecule has 0 bridgehead atoms. The minimum atomic E-state index is -5.61. The lowest BCUT2D eigenvalue weighted by molar-refractivity contribution is -0.787. The van der Waals surface area contributed by atoms with Gasteiger partial charge in [0.25, 0.3) is 11.0 Å². The van der Waals surface area contributed by atoms with Crippen molar-refractivity contribution in [1.29, 1.82) is 0 Å². The summed E-state index contributed by atoms with van der Waals surface area (Å²) in [5.41, 5.74) is 7.04. The molecule has 1 aliphatic rings. The first-order chi connectivity index (χ1) is 21.6. The van der Waals surface area contributed by atoms with Gasteiger partial charge in [-0.25, -0.2) is 4.79 Å². The summed E-state index contributed by atoms with van der Waals surface area (Å²) < 4.78 is 27.8. The quantitative estimate of drug-likeness (QED) is 0.0558. The average molecular weight is 749 g/mol. The minimum absolute atomic E-state index is 0.0259. The fourth-order valence-corrected chi connectivity index (χ4v) is 8.15. The van der Waals surface area contributed by atoms with Crippen LogP contribution in [0.1, 0.15) is 58.4 Å². The van der Waals surface area contributed by atoms with Crippen LogP contribution in [-0.4, -0.2) is 108 Å². The number of aliphatic hydroxyl groups is 1. The number of halogens is 2. The van der Waals surface area contributed by atoms with Gasteiger partial charge in [0.15, 0.2) is 6.04 Å². The highest BCUT2D eigenvalue weighted by Gasteiger charge is 2.61. The second kappa shape index (κ2) is 16.9. The Morgan fingerprint density at radius 3 is 2.09 bits per heavy atom. The van der Waals surface area contributed by atoms with E-state index in [9.17, 15) is 48.2 Å². The van der Waals surface area contributed by atoms with Gasteiger partial charge in [0.2, 0.25) is 0 Å². The maximum Gasteiger partial charge on any atom is 0.524 e. The number of carbonyl (C=O) groups excluding carboxylic acids is 3. The standard InChI is InChI=1S/C28H46Cl2N4O11P2/c1-27(2,3)45-26(37)34(25(36)22(31)19-20-8-10-21(11-9-20)33(16-13-29)17-14-30)18-6-7-23(34)24(35)32-15-5-4-12-28(38,46(39,40)41)47(42,43)44/h8-11,22-23,38H,4-7,12-19,31H2,1-3H3,(H4-,32,35,39,40,41,42,43,44)/p+1/t22-,23-,34?/m0/s1. The molecule has 1 aromatic rings. The van der Waals surface area contributed by atoms with Crippen LogP contribution in [0.2, 0.25) is 0 Å². The predicted molar refractivity (Wildman–Crippen MR) is 177 cm³/mol. The molecule has 0 saturated carbocycles. The molecule has 1 saturated heterocycles. The fourth-order valence-electron chi connectivity index (χ4n) is 5.49. The Kier molecular flexibility index (Phi) is 14.9. The van der Waals surface area contributed by atoms with Crippen LogP contribution in [0.5, 0.6) is 0 Å². The number of nitrogens with zero attached hydrogens (tertiary/aromatic N) is 2. The number of unbranched alkanes of at least 4 members (excludes halogenated alkanes) is 1. The zero-order valence-electron chi connectivity index (χ0n) is 26.8. The van der Waals surface area contributed by atoms with Gasteiger partial charge in [-0.2, -0.15) is 4.79 Å². The maximum absolute atomic E-state index is 14.1. The van der Waals surface area contributed by atoms with Gasteiger partial charge < -0.3 is 45.4 Å². The first kappa shape index (κ1) is 41.6. The molecule has 0 spiro atoms. The third kappa shape index (κ3) is 10.4. The number of carbonyl (C=O) groups is 3. The third-order valence-corrected chi connectivity index (χ3v) is 12.1. The zero-order chi connectivity index (χ0) is 35.8. The van der Waals surface area contributed by atoms with Crippen LogP contribution in [0, 0.1) is 0 Å². The summed E-state index contributed by atoms with van der Waals surface area (Å²) >= 11 is 11.8. The number of nitrogens with one attached hydrogen (secondary N) is 1. The number of benzene rings is 1. The Morgan fingerprint density at radius 1 is 1.04 bits per heavy atom. The van der Waals surface area contributed by atoms with Crippen LogP contribution in [0.4, 0.5) is 10.5 Å². The van der Waals surface area contributed by atoms with Gasteiger partial charge in [-0.3, -0.25) is 13.9 Å². The van der Waals surface area contributed by atoms with Crippen molar-refractivity contribution < 1.29 is 57.4 Å². The summed E-state index contributed by atoms with van der Waals surface area (Å²) in [6, 6.07) is 4.97. The number of amides is 3. The molecule has 268 valence electrons. The number of ether oxygens (including phenoxy) is 1. The van der Waals surface area contributed by atoms with Crippen LogP contribution in [0.15, 0.2) is 24.3 Å². The lowest BCUT2D eigenvalue weighted by Gasteiger charge is -2.36. The highest BCUT2D eigenvalue weighted by Crippen LogP contribution is 2.69. The zero-order valence-corrected chi connectivity index (χ0v) is 30.1. The molecule has 3 amide bonds. The van der Waals surface area contributed by atoms with Crippen molar-refractivity contribution in [2.45, 2.75) is 82.1 Å². The molecule has 1 fully saturated rings. The second-order valence-electron chi connectivity index (χ2n) is 12.5. The number of hydrogen-bond donors (Lipinski definition) is 7. The molecule has 2 rings (SSSR count). The van der Waals surface area contributed by atoms with E-state index >= 15 is 0 Å². The summed E-state index contributed by atoms with van der Waals surface area (Å²) in [5, 5.41) is 9.09. The van der Waals surface area contributed by atoms with E-state index < -0.39 is 66.8 Å². The van der Waals surface area contributed by atoms with Gasteiger partial charge in [-0.15, -0.1) is 27.7 Å². The molecule has 1 unspecified atom stereocenters. The van der Waals surface area contributed by atoms with Crippen LogP contribution in [-0.2, 0) is 29.9 Å². The molecular weight excluding hydrogens is 701 g/mol. The molecule has 1 heterocycles. The largest absolute Gasteiger partial charge is 0.524 e. The van der Waals surface area contributed by atoms with Gasteiger partial charge in [-0.1, -0.05) is 12.1 Å². The van der Waals surface area contributed by atoms with Gasteiger partial charge in [-0.05, 0) is 57.7 Å². The molecule has 3 atom stereocenters. The Bertz CT molecular complexity index is 1310. The molecule has 0 aromatic heterocycles. The Morgan fingerprint density at radius 2 is 1.60 bits per heavy atom. The molecule has 47 heavy (non-hydrogen) atoms. The summed E-state index contributed by atoms with van der Waals surface area (Å²) in [5.74, 6) is -0.542. The SMILES string of the molecule is CC(C)(C)OC(=O)[N+]1(C(=O)[C@@H](N)Cc2ccc(N(CCCl)CCCl)cc2)CCC[C@H]1C(=O)NCCCCC(O)(P(=O)(O)O)P(=O)(O)O. The summed E-state index contributed by atoms with van der Waals surface area (Å²) in [6.45, 7) is 5.91. The Hall–Kier alpha value is -1.61. The van der Waals surface area contributed by atoms with Crippen molar-refractivity contribution >= 4 is 62.0 Å². The molecular formula is C28H47Cl2N4O11P2+. The van der Waals surface area contributed by atoms with Gasteiger partial charge in [0.1, 0.15) is 11.6 Å². The second-order valence-corrected chi connectivity index (χ2v) is 17.3. The summed E-state index contributed by atoms with van der Waals surface area (Å²) in [4.78, 5) is 80.5. The van der Waals surface area contributed by atoms with Gasteiger partial charge >= 0.3 is 27.2 Å². The van der Waals surface area contributed by atoms with Gasteiger partial charge in [0, 0.05) is 56.3 Å². The third-order valence-electron chi connectivity index (χ3n) is 7.89. The summed E-state index contributed by atoms with van der Waals surface area (Å²) in [7, 11) is -11.2. The van der Waals surface area contributed by atoms with E-state index in [0.29, 0.717) is 31.3 Å². The van der Waals surface area contributed by atoms with Crippen LogP contribution >= 0.6 is 38.4 Å². The van der Waals surface area contributed by atoms with Crippen molar-refractivity contribution in [2.24, 2.45) is 5.73 Å². The van der Waals surface area contributed by atoms with E-state index in [1.54, 1.807) is 20.8 Å². The number of hydrogen-bond acceptors (Lipinski definition) is 9. The van der Waals surface area contributed by atoms with E-state index in [-0.39, 0.29) is 38.8 Å². The number of anilines is 1. The lowest BCUT2D eigenvalue weighted by Crippen LogP contribution is -2.68. The predicted octanol–water partition coefficient (Wildman–Crippen LogP) is 2.57. The minimum Gasteiger partial charge on any atom is -0.414 e. The monoisotopic (exact) mass is 747 g/mol. The fraction of sp³-hybridized carbons (Fsp3) is 0.679. The van der Waals surface area contributed by atoms with Crippen molar-refractivity contribution in [1.82, 2.24) is 5.32 Å². The normalized spacial score (nSPS) is 19.7. The lowest BCUT2D eigenvalue weighted by atomic mass is 10.0. The molecule has 15 nitrogen and oxygen atoms in total. The van der Waals surface area contributed by atoms with E-state index in [4.69, 9.17) is 33.7 Å². The number of quaternary nitrogens is 1. The highest BCUT2D eigenvalue weighted by atomic mass is 35.5. The van der Waals surface area contributed by atoms with Crippen LogP contribution in [0.25, 0.3) is 0 Å². The van der Waals surface area contributed by atoms with E-state index in [0.717, 1.165) is 11.3 Å². The van der Waals surface area contributed by atoms with Gasteiger partial charge in [0.05, 0.1) is 6.54 Å². The molecule has 0 radical (unpaired) electrons. The molecule has 1 aromatic carbocycles. The van der Waals surface area contributed by atoms with Crippen molar-refractivity contribution in [3.8, 4) is 0 Å². The Labute approximate surface area is 284 Å². The first-order valence-electron chi connectivity index (χ1n) is 15.1. The number of likely N-dealkylation sites (tertiary alicyclic amines) is 1. The van der Waals surface area contributed by atoms with Crippen LogP contribution < -0.4 is 16.0 Å². The number of rotatable bonds is 16. The number of imide groups is 1.